The smallest absolute Gasteiger partial charge is 0.425 e. The van der Waals surface area contributed by atoms with E-state index in [1.54, 1.807) is 37.4 Å². The molecule has 1 N–H and O–H groups in total. The van der Waals surface area contributed by atoms with Crippen LogP contribution in [-0.4, -0.2) is 41.3 Å². The van der Waals surface area contributed by atoms with E-state index in [9.17, 15) is 40.7 Å². The van der Waals surface area contributed by atoms with Crippen molar-refractivity contribution in [3.05, 3.63) is 76.5 Å². The predicted molar refractivity (Wildman–Crippen MR) is 126 cm³/mol. The average molecular weight is 554 g/mol. The second-order valence-corrected chi connectivity index (χ2v) is 10.2. The Bertz CT molecular complexity index is 1380. The van der Waals surface area contributed by atoms with Crippen molar-refractivity contribution >= 4 is 17.6 Å². The van der Waals surface area contributed by atoms with E-state index in [0.29, 0.717) is 17.7 Å². The molecule has 12 heteroatoms. The van der Waals surface area contributed by atoms with Gasteiger partial charge < -0.3 is 15.0 Å². The summed E-state index contributed by atoms with van der Waals surface area (Å²) in [5.41, 5.74) is -7.38. The van der Waals surface area contributed by atoms with Crippen LogP contribution in [0.2, 0.25) is 0 Å². The Morgan fingerprint density at radius 3 is 2.28 bits per heavy atom. The summed E-state index contributed by atoms with van der Waals surface area (Å²) in [4.78, 5) is 40.9. The van der Waals surface area contributed by atoms with Crippen LogP contribution in [0.25, 0.3) is 0 Å². The van der Waals surface area contributed by atoms with E-state index in [1.807, 2.05) is 0 Å². The molecule has 0 radical (unpaired) electrons. The van der Waals surface area contributed by atoms with Crippen LogP contribution in [0, 0.1) is 5.41 Å². The van der Waals surface area contributed by atoms with Gasteiger partial charge in [-0.3, -0.25) is 14.4 Å². The lowest BCUT2D eigenvalue weighted by molar-refractivity contribution is -0.190. The highest BCUT2D eigenvalue weighted by atomic mass is 19.4. The number of hydrogen-bond donors (Lipinski definition) is 1. The second-order valence-electron chi connectivity index (χ2n) is 10.2. The SMILES string of the molecule is COc1ccccc1CN1C(=O)[C@@](NC(=O)c2cccc(C(F)(F)F)c2)(C(F)(F)F)C2=C1CC(C)(C)CC2=O. The lowest BCUT2D eigenvalue weighted by atomic mass is 9.72. The molecule has 0 bridgehead atoms. The van der Waals surface area contributed by atoms with Crippen LogP contribution in [0.15, 0.2) is 59.8 Å². The number of Topliss-reactive ketones (excluding diaryl/α,β-unsaturated/α-hetero) is 1. The van der Waals surface area contributed by atoms with Gasteiger partial charge in [-0.15, -0.1) is 0 Å². The number of nitrogens with one attached hydrogen (secondary N) is 1. The third-order valence-electron chi connectivity index (χ3n) is 6.82. The number of ether oxygens (including phenoxy) is 1. The fourth-order valence-electron chi connectivity index (χ4n) is 5.08. The van der Waals surface area contributed by atoms with Gasteiger partial charge in [-0.25, -0.2) is 0 Å². The molecule has 39 heavy (non-hydrogen) atoms. The minimum Gasteiger partial charge on any atom is -0.496 e. The number of alkyl halides is 6. The number of halogens is 6. The van der Waals surface area contributed by atoms with E-state index in [4.69, 9.17) is 4.74 Å². The van der Waals surface area contributed by atoms with Gasteiger partial charge in [0.05, 0.1) is 24.8 Å². The quantitative estimate of drug-likeness (QED) is 0.501. The fourth-order valence-corrected chi connectivity index (χ4v) is 5.08. The van der Waals surface area contributed by atoms with Gasteiger partial charge in [0.1, 0.15) is 5.75 Å². The van der Waals surface area contributed by atoms with Gasteiger partial charge in [-0.05, 0) is 36.1 Å². The molecular formula is C27H24F6N2O4. The highest BCUT2D eigenvalue weighted by Crippen LogP contribution is 2.52. The maximum Gasteiger partial charge on any atom is 0.425 e. The molecule has 6 nitrogen and oxygen atoms in total. The van der Waals surface area contributed by atoms with Gasteiger partial charge in [0.2, 0.25) is 5.54 Å². The third kappa shape index (κ3) is 4.87. The molecule has 2 aromatic carbocycles. The Labute approximate surface area is 219 Å². The predicted octanol–water partition coefficient (Wildman–Crippen LogP) is 5.43. The number of carbonyl (C=O) groups is 3. The molecular weight excluding hydrogens is 530 g/mol. The standard InChI is InChI=1S/C27H24F6N2O4/c1-24(2)12-18-21(19(36)13-24)25(27(31,32)33,23(38)35(18)14-16-7-4-5-10-20(16)39-3)34-22(37)15-8-6-9-17(11-15)26(28,29)30/h4-11H,12-14H2,1-3H3,(H,34,37)/t25-/m1/s1. The molecule has 0 spiro atoms. The summed E-state index contributed by atoms with van der Waals surface area (Å²) in [7, 11) is 1.35. The largest absolute Gasteiger partial charge is 0.496 e. The molecule has 0 unspecified atom stereocenters. The van der Waals surface area contributed by atoms with Crippen molar-refractivity contribution in [2.45, 2.75) is 51.1 Å². The fraction of sp³-hybridized carbons (Fsp3) is 0.370. The molecule has 0 saturated carbocycles. The zero-order valence-electron chi connectivity index (χ0n) is 21.1. The number of allylic oxidation sites excluding steroid dienone is 1. The molecule has 2 aliphatic rings. The Morgan fingerprint density at radius 2 is 1.67 bits per heavy atom. The lowest BCUT2D eigenvalue weighted by Gasteiger charge is -2.35. The second kappa shape index (κ2) is 9.42. The summed E-state index contributed by atoms with van der Waals surface area (Å²) in [6, 6.07) is 9.09. The van der Waals surface area contributed by atoms with Crippen molar-refractivity contribution in [2.24, 2.45) is 5.41 Å². The maximum atomic E-state index is 15.0. The molecule has 1 heterocycles. The number of rotatable bonds is 5. The van der Waals surface area contributed by atoms with E-state index < -0.39 is 64.1 Å². The van der Waals surface area contributed by atoms with E-state index >= 15 is 0 Å². The number of ketones is 1. The highest BCUT2D eigenvalue weighted by molar-refractivity contribution is 6.14. The summed E-state index contributed by atoms with van der Waals surface area (Å²) in [5, 5.41) is 1.65. The van der Waals surface area contributed by atoms with Crippen LogP contribution in [0.5, 0.6) is 5.75 Å². The van der Waals surface area contributed by atoms with Crippen LogP contribution in [0.3, 0.4) is 0 Å². The molecule has 1 atom stereocenters. The van der Waals surface area contributed by atoms with Crippen molar-refractivity contribution < 1.29 is 45.5 Å². The molecule has 208 valence electrons. The van der Waals surface area contributed by atoms with Crippen molar-refractivity contribution in [3.8, 4) is 5.75 Å². The topological polar surface area (TPSA) is 75.7 Å². The summed E-state index contributed by atoms with van der Waals surface area (Å²) in [6.45, 7) is 2.92. The van der Waals surface area contributed by atoms with Crippen LogP contribution in [0.4, 0.5) is 26.3 Å². The number of methoxy groups -OCH3 is 1. The maximum absolute atomic E-state index is 15.0. The summed E-state index contributed by atoms with van der Waals surface area (Å²) in [5.74, 6) is -3.92. The number of nitrogens with zero attached hydrogens (tertiary/aromatic N) is 1. The number of para-hydroxylation sites is 1. The zero-order chi connectivity index (χ0) is 29.0. The molecule has 0 saturated heterocycles. The van der Waals surface area contributed by atoms with E-state index in [-0.39, 0.29) is 24.3 Å². The van der Waals surface area contributed by atoms with Gasteiger partial charge >= 0.3 is 12.4 Å². The number of hydrogen-bond acceptors (Lipinski definition) is 4. The van der Waals surface area contributed by atoms with Crippen molar-refractivity contribution in [1.82, 2.24) is 10.2 Å². The first-order valence-corrected chi connectivity index (χ1v) is 11.8. The first kappa shape index (κ1) is 28.2. The van der Waals surface area contributed by atoms with Crippen LogP contribution in [-0.2, 0) is 22.3 Å². The highest BCUT2D eigenvalue weighted by Gasteiger charge is 2.71. The average Bonchev–Trinajstić information content (AvgIpc) is 3.06. The minimum absolute atomic E-state index is 0.0910. The Kier molecular flexibility index (Phi) is 6.81. The van der Waals surface area contributed by atoms with Crippen molar-refractivity contribution in [1.29, 1.82) is 0 Å². The molecule has 0 aromatic heterocycles. The van der Waals surface area contributed by atoms with Gasteiger partial charge in [-0.1, -0.05) is 38.1 Å². The van der Waals surface area contributed by atoms with Gasteiger partial charge in [0, 0.05) is 23.2 Å². The zero-order valence-corrected chi connectivity index (χ0v) is 21.1. The van der Waals surface area contributed by atoms with Crippen LogP contribution >= 0.6 is 0 Å². The van der Waals surface area contributed by atoms with Crippen molar-refractivity contribution in [3.63, 3.8) is 0 Å². The first-order valence-electron chi connectivity index (χ1n) is 11.8. The third-order valence-corrected chi connectivity index (χ3v) is 6.82. The first-order chi connectivity index (χ1) is 18.0. The number of carbonyl (C=O) groups excluding carboxylic acids is 3. The Morgan fingerprint density at radius 1 is 1.00 bits per heavy atom. The molecule has 1 aliphatic carbocycles. The number of benzene rings is 2. The number of amides is 2. The van der Waals surface area contributed by atoms with E-state index in [2.05, 4.69) is 0 Å². The van der Waals surface area contributed by atoms with Crippen molar-refractivity contribution in [2.75, 3.05) is 7.11 Å². The van der Waals surface area contributed by atoms with Gasteiger partial charge in [0.25, 0.3) is 11.8 Å². The van der Waals surface area contributed by atoms with Gasteiger partial charge in [-0.2, -0.15) is 26.3 Å². The van der Waals surface area contributed by atoms with E-state index in [0.717, 1.165) is 17.0 Å². The van der Waals surface area contributed by atoms with E-state index in [1.165, 1.54) is 13.2 Å². The molecule has 0 fully saturated rings. The monoisotopic (exact) mass is 554 g/mol. The minimum atomic E-state index is -5.51. The summed E-state index contributed by atoms with van der Waals surface area (Å²) in [6.07, 6.45) is -10.8. The molecule has 4 rings (SSSR count). The van der Waals surface area contributed by atoms with Gasteiger partial charge in [0.15, 0.2) is 5.78 Å². The Hall–Kier alpha value is -3.83. The molecule has 2 amide bonds. The van der Waals surface area contributed by atoms with Crippen LogP contribution < -0.4 is 10.1 Å². The molecule has 2 aromatic rings. The summed E-state index contributed by atoms with van der Waals surface area (Å²) >= 11 is 0. The lowest BCUT2D eigenvalue weighted by Crippen LogP contribution is -2.66. The van der Waals surface area contributed by atoms with Crippen LogP contribution in [0.1, 0.15) is 48.2 Å². The summed E-state index contributed by atoms with van der Waals surface area (Å²) < 4.78 is 89.7. The molecule has 1 aliphatic heterocycles. The normalized spacial score (nSPS) is 21.2. The Balaban J connectivity index is 1.87.